The average molecular weight is 573 g/mol. The Bertz CT molecular complexity index is 1690. The smallest absolute Gasteiger partial charge is 0.346 e. The van der Waals surface area contributed by atoms with Crippen molar-refractivity contribution < 1.29 is 9.53 Å². The molecule has 0 aliphatic rings. The third kappa shape index (κ3) is 5.07. The third-order valence-electron chi connectivity index (χ3n) is 5.60. The number of fused-ring (bicyclic) bond motifs is 2. The number of carbonyl (C=O) groups is 1. The number of carbonyl (C=O) groups excluding carboxylic acids is 1. The molecule has 0 fully saturated rings. The van der Waals surface area contributed by atoms with Crippen LogP contribution < -0.4 is 10.5 Å². The number of hydrogen-bond donors (Lipinski definition) is 1. The van der Waals surface area contributed by atoms with E-state index in [9.17, 15) is 10.1 Å². The van der Waals surface area contributed by atoms with Crippen molar-refractivity contribution in [3.8, 4) is 17.6 Å². The van der Waals surface area contributed by atoms with E-state index in [1.807, 2.05) is 12.1 Å². The lowest BCUT2D eigenvalue weighted by atomic mass is 10.2. The van der Waals surface area contributed by atoms with Crippen LogP contribution in [0.2, 0.25) is 10.0 Å². The summed E-state index contributed by atoms with van der Waals surface area (Å²) >= 11 is 12.5. The number of halogens is 3. The highest BCUT2D eigenvalue weighted by atomic mass is 35.5. The fraction of sp³-hybridized carbons (Fsp3) is 0.167. The second-order valence-electron chi connectivity index (χ2n) is 8.11. The Hall–Kier alpha value is -3.95. The van der Waals surface area contributed by atoms with Gasteiger partial charge in [-0.3, -0.25) is 0 Å². The lowest BCUT2D eigenvalue weighted by Crippen LogP contribution is -2.35. The van der Waals surface area contributed by atoms with Crippen LogP contribution in [-0.2, 0) is 6.54 Å². The summed E-state index contributed by atoms with van der Waals surface area (Å²) in [7, 11) is 1.65. The Kier molecular flexibility index (Phi) is 7.99. The second kappa shape index (κ2) is 11.2. The molecule has 3 heterocycles. The molecule has 0 unspecified atom stereocenters. The highest BCUT2D eigenvalue weighted by Gasteiger charge is 2.21. The molecule has 0 aliphatic heterocycles. The van der Waals surface area contributed by atoms with Crippen molar-refractivity contribution >= 4 is 63.7 Å². The van der Waals surface area contributed by atoms with Crippen LogP contribution in [0.3, 0.4) is 0 Å². The number of rotatable bonds is 6. The first-order valence-corrected chi connectivity index (χ1v) is 11.8. The molecule has 0 bridgehead atoms. The van der Waals surface area contributed by atoms with Gasteiger partial charge in [-0.1, -0.05) is 28.4 Å². The average Bonchev–Trinajstić information content (AvgIpc) is 3.47. The molecule has 5 aromatic rings. The van der Waals surface area contributed by atoms with E-state index in [2.05, 4.69) is 20.4 Å². The molecular formula is C24H20Cl3N9O2. The lowest BCUT2D eigenvalue weighted by Gasteiger charge is -2.15. The molecule has 2 N–H and O–H groups in total. The molecule has 0 aliphatic carbocycles. The normalized spacial score (nSPS) is 10.8. The Morgan fingerprint density at radius 2 is 2.05 bits per heavy atom. The fourth-order valence-corrected chi connectivity index (χ4v) is 4.28. The van der Waals surface area contributed by atoms with Gasteiger partial charge in [-0.2, -0.15) is 15.0 Å². The van der Waals surface area contributed by atoms with E-state index in [4.69, 9.17) is 33.7 Å². The van der Waals surface area contributed by atoms with Crippen LogP contribution >= 0.6 is 35.6 Å². The molecule has 194 valence electrons. The number of nitrogens with zero attached hydrogens (tertiary/aromatic N) is 8. The Balaban J connectivity index is 0.00000336. The SMILES string of the molecule is CN(CCN)C(=O)n1nc(Cn2nnc3c(Oc4cc(Cl)cc(C#N)c4)c(Cl)ccc32)c2cccnc21.Cl. The molecule has 0 atom stereocenters. The van der Waals surface area contributed by atoms with Crippen LogP contribution in [0.15, 0.2) is 48.7 Å². The van der Waals surface area contributed by atoms with Crippen molar-refractivity contribution in [3.05, 3.63) is 70.0 Å². The lowest BCUT2D eigenvalue weighted by molar-refractivity contribution is 0.209. The molecule has 11 nitrogen and oxygen atoms in total. The van der Waals surface area contributed by atoms with Gasteiger partial charge >= 0.3 is 6.03 Å². The maximum atomic E-state index is 12.9. The Morgan fingerprint density at radius 3 is 2.82 bits per heavy atom. The van der Waals surface area contributed by atoms with Gasteiger partial charge in [0.05, 0.1) is 34.4 Å². The van der Waals surface area contributed by atoms with Crippen molar-refractivity contribution in [2.45, 2.75) is 6.54 Å². The van der Waals surface area contributed by atoms with Crippen molar-refractivity contribution in [3.63, 3.8) is 0 Å². The number of likely N-dealkylation sites (N-methyl/N-ethyl adjacent to an activating group) is 1. The van der Waals surface area contributed by atoms with Crippen molar-refractivity contribution in [1.82, 2.24) is 34.7 Å². The fourth-order valence-electron chi connectivity index (χ4n) is 3.86. The maximum Gasteiger partial charge on any atom is 0.346 e. The summed E-state index contributed by atoms with van der Waals surface area (Å²) in [5.41, 5.74) is 7.99. The molecule has 1 amide bonds. The second-order valence-corrected chi connectivity index (χ2v) is 8.95. The van der Waals surface area contributed by atoms with Gasteiger partial charge in [0.15, 0.2) is 16.9 Å². The van der Waals surface area contributed by atoms with Gasteiger partial charge in [-0.25, -0.2) is 14.5 Å². The van der Waals surface area contributed by atoms with E-state index in [0.717, 1.165) is 0 Å². The first-order chi connectivity index (χ1) is 17.9. The molecule has 5 rings (SSSR count). The minimum atomic E-state index is -0.343. The number of ether oxygens (including phenoxy) is 1. The minimum Gasteiger partial charge on any atom is -0.453 e. The standard InChI is InChI=1S/C24H19Cl2N9O2.ClH/c1-33(8-6-27)24(36)35-23-17(3-2-7-29-23)19(31-35)13-34-20-5-4-18(26)22(21(20)30-32-34)37-16-10-14(12-28)9-15(25)11-16;/h2-5,7,9-11H,6,8,13,27H2,1H3;1H. The predicted octanol–water partition coefficient (Wildman–Crippen LogP) is 4.48. The van der Waals surface area contributed by atoms with Gasteiger partial charge in [0, 0.05) is 36.7 Å². The van der Waals surface area contributed by atoms with E-state index < -0.39 is 0 Å². The quantitative estimate of drug-likeness (QED) is 0.314. The summed E-state index contributed by atoms with van der Waals surface area (Å²) < 4.78 is 8.88. The summed E-state index contributed by atoms with van der Waals surface area (Å²) in [6, 6.07) is 13.4. The van der Waals surface area contributed by atoms with Crippen molar-refractivity contribution in [2.24, 2.45) is 5.73 Å². The minimum absolute atomic E-state index is 0. The van der Waals surface area contributed by atoms with E-state index >= 15 is 0 Å². The molecule has 0 radical (unpaired) electrons. The number of benzene rings is 2. The van der Waals surface area contributed by atoms with Crippen LogP contribution in [-0.4, -0.2) is 60.8 Å². The molecule has 14 heteroatoms. The zero-order chi connectivity index (χ0) is 26.1. The number of nitriles is 1. The molecule has 3 aromatic heterocycles. The summed E-state index contributed by atoms with van der Waals surface area (Å²) in [5, 5.41) is 23.7. The molecule has 38 heavy (non-hydrogen) atoms. The summed E-state index contributed by atoms with van der Waals surface area (Å²) in [5.74, 6) is 0.608. The van der Waals surface area contributed by atoms with Gasteiger partial charge in [-0.05, 0) is 42.5 Å². The number of aromatic nitrogens is 6. The molecular weight excluding hydrogens is 553 g/mol. The van der Waals surface area contributed by atoms with E-state index in [0.29, 0.717) is 62.2 Å². The van der Waals surface area contributed by atoms with E-state index in [1.54, 1.807) is 48.3 Å². The van der Waals surface area contributed by atoms with Crippen molar-refractivity contribution in [1.29, 1.82) is 5.26 Å². The molecule has 2 aromatic carbocycles. The zero-order valence-electron chi connectivity index (χ0n) is 19.9. The third-order valence-corrected chi connectivity index (χ3v) is 6.12. The Labute approximate surface area is 232 Å². The van der Waals surface area contributed by atoms with Crippen molar-refractivity contribution in [2.75, 3.05) is 20.1 Å². The van der Waals surface area contributed by atoms with Gasteiger partial charge in [0.2, 0.25) is 0 Å². The summed E-state index contributed by atoms with van der Waals surface area (Å²) in [6.45, 7) is 0.908. The first-order valence-electron chi connectivity index (χ1n) is 11.1. The van der Waals surface area contributed by atoms with Crippen LogP contribution in [0.5, 0.6) is 11.5 Å². The van der Waals surface area contributed by atoms with Crippen LogP contribution in [0, 0.1) is 11.3 Å². The summed E-state index contributed by atoms with van der Waals surface area (Å²) in [6.07, 6.45) is 1.60. The first kappa shape index (κ1) is 27.1. The zero-order valence-corrected chi connectivity index (χ0v) is 22.2. The van der Waals surface area contributed by atoms with Gasteiger partial charge in [0.1, 0.15) is 5.75 Å². The van der Waals surface area contributed by atoms with Gasteiger partial charge < -0.3 is 15.4 Å². The number of pyridine rings is 1. The van der Waals surface area contributed by atoms with Crippen LogP contribution in [0.25, 0.3) is 22.1 Å². The molecule has 0 saturated carbocycles. The van der Waals surface area contributed by atoms with Gasteiger partial charge in [0.25, 0.3) is 0 Å². The topological polar surface area (TPSA) is 141 Å². The van der Waals surface area contributed by atoms with E-state index in [-0.39, 0.29) is 30.7 Å². The number of amides is 1. The monoisotopic (exact) mass is 571 g/mol. The Morgan fingerprint density at radius 1 is 1.24 bits per heavy atom. The largest absolute Gasteiger partial charge is 0.453 e. The number of hydrogen-bond acceptors (Lipinski definition) is 8. The van der Waals surface area contributed by atoms with Gasteiger partial charge in [-0.15, -0.1) is 17.5 Å². The van der Waals surface area contributed by atoms with Crippen LogP contribution in [0.4, 0.5) is 4.79 Å². The predicted molar refractivity (Wildman–Crippen MR) is 145 cm³/mol. The highest BCUT2D eigenvalue weighted by Crippen LogP contribution is 2.37. The molecule has 0 spiro atoms. The number of nitrogens with two attached hydrogens (primary N) is 1. The highest BCUT2D eigenvalue weighted by molar-refractivity contribution is 6.33. The molecule has 0 saturated heterocycles. The summed E-state index contributed by atoms with van der Waals surface area (Å²) in [4.78, 5) is 18.8. The van der Waals surface area contributed by atoms with E-state index in [1.165, 1.54) is 15.6 Å². The van der Waals surface area contributed by atoms with Crippen LogP contribution in [0.1, 0.15) is 11.3 Å². The maximum absolute atomic E-state index is 12.9.